The SMILES string of the molecule is CCOc1cccc(CN(CCO)Cc2cccnc2)c1. The lowest BCUT2D eigenvalue weighted by molar-refractivity contribution is 0.184. The first kappa shape index (κ1) is 15.5. The van der Waals surface area contributed by atoms with Crippen LogP contribution < -0.4 is 4.74 Å². The van der Waals surface area contributed by atoms with E-state index in [4.69, 9.17) is 4.74 Å². The molecule has 4 heteroatoms. The lowest BCUT2D eigenvalue weighted by atomic mass is 10.2. The Morgan fingerprint density at radius 2 is 1.95 bits per heavy atom. The summed E-state index contributed by atoms with van der Waals surface area (Å²) in [5, 5.41) is 9.25. The Labute approximate surface area is 126 Å². The lowest BCUT2D eigenvalue weighted by Gasteiger charge is -2.21. The molecule has 0 spiro atoms. The topological polar surface area (TPSA) is 45.6 Å². The van der Waals surface area contributed by atoms with Crippen molar-refractivity contribution in [3.63, 3.8) is 0 Å². The van der Waals surface area contributed by atoms with Crippen LogP contribution in [-0.2, 0) is 13.1 Å². The van der Waals surface area contributed by atoms with Gasteiger partial charge in [0, 0.05) is 32.0 Å². The molecule has 0 aliphatic carbocycles. The molecule has 1 N–H and O–H groups in total. The summed E-state index contributed by atoms with van der Waals surface area (Å²) in [5.41, 5.74) is 2.32. The van der Waals surface area contributed by atoms with Crippen molar-refractivity contribution in [3.8, 4) is 5.75 Å². The van der Waals surface area contributed by atoms with Crippen molar-refractivity contribution in [2.24, 2.45) is 0 Å². The maximum absolute atomic E-state index is 9.25. The number of nitrogens with zero attached hydrogens (tertiary/aromatic N) is 2. The van der Waals surface area contributed by atoms with E-state index in [1.807, 2.05) is 37.4 Å². The van der Waals surface area contributed by atoms with Gasteiger partial charge in [-0.05, 0) is 36.2 Å². The second kappa shape index (κ2) is 8.39. The molecule has 0 fully saturated rings. The maximum Gasteiger partial charge on any atom is 0.119 e. The fraction of sp³-hybridized carbons (Fsp3) is 0.353. The molecule has 112 valence electrons. The third-order valence-electron chi connectivity index (χ3n) is 3.16. The van der Waals surface area contributed by atoms with E-state index in [9.17, 15) is 5.11 Å². The number of aliphatic hydroxyl groups is 1. The van der Waals surface area contributed by atoms with Crippen LogP contribution in [0.1, 0.15) is 18.1 Å². The molecule has 1 heterocycles. The highest BCUT2D eigenvalue weighted by molar-refractivity contribution is 5.28. The van der Waals surface area contributed by atoms with E-state index in [1.54, 1.807) is 6.20 Å². The summed E-state index contributed by atoms with van der Waals surface area (Å²) in [5.74, 6) is 0.889. The molecule has 0 saturated carbocycles. The van der Waals surface area contributed by atoms with Gasteiger partial charge in [0.25, 0.3) is 0 Å². The van der Waals surface area contributed by atoms with Crippen molar-refractivity contribution in [3.05, 3.63) is 59.9 Å². The summed E-state index contributed by atoms with van der Waals surface area (Å²) in [6.07, 6.45) is 3.63. The molecule has 0 saturated heterocycles. The van der Waals surface area contributed by atoms with Crippen LogP contribution in [0.3, 0.4) is 0 Å². The Hall–Kier alpha value is -1.91. The van der Waals surface area contributed by atoms with Gasteiger partial charge in [-0.25, -0.2) is 0 Å². The summed E-state index contributed by atoms with van der Waals surface area (Å²) in [7, 11) is 0. The van der Waals surface area contributed by atoms with Gasteiger partial charge in [-0.15, -0.1) is 0 Å². The molecule has 0 unspecified atom stereocenters. The third-order valence-corrected chi connectivity index (χ3v) is 3.16. The number of hydrogen-bond acceptors (Lipinski definition) is 4. The number of benzene rings is 1. The van der Waals surface area contributed by atoms with Crippen LogP contribution in [-0.4, -0.2) is 34.7 Å². The Bertz CT molecular complexity index is 531. The van der Waals surface area contributed by atoms with E-state index in [2.05, 4.69) is 22.0 Å². The first-order valence-corrected chi connectivity index (χ1v) is 7.25. The molecule has 1 aromatic heterocycles. The van der Waals surface area contributed by atoms with E-state index < -0.39 is 0 Å². The minimum atomic E-state index is 0.144. The molecular formula is C17H22N2O2. The van der Waals surface area contributed by atoms with Crippen LogP contribution in [0.15, 0.2) is 48.8 Å². The second-order valence-corrected chi connectivity index (χ2v) is 4.88. The molecule has 21 heavy (non-hydrogen) atoms. The molecule has 0 amide bonds. The average molecular weight is 286 g/mol. The number of pyridine rings is 1. The van der Waals surface area contributed by atoms with Gasteiger partial charge in [0.1, 0.15) is 5.75 Å². The predicted molar refractivity (Wildman–Crippen MR) is 83.0 cm³/mol. The van der Waals surface area contributed by atoms with Gasteiger partial charge in [-0.2, -0.15) is 0 Å². The molecule has 0 aliphatic rings. The van der Waals surface area contributed by atoms with E-state index in [0.29, 0.717) is 13.2 Å². The van der Waals surface area contributed by atoms with Crippen LogP contribution in [0.25, 0.3) is 0 Å². The summed E-state index contributed by atoms with van der Waals surface area (Å²) < 4.78 is 5.53. The summed E-state index contributed by atoms with van der Waals surface area (Å²) in [6.45, 7) is 4.97. The van der Waals surface area contributed by atoms with Gasteiger partial charge >= 0.3 is 0 Å². The smallest absolute Gasteiger partial charge is 0.119 e. The normalized spacial score (nSPS) is 10.8. The molecule has 1 aromatic carbocycles. The van der Waals surface area contributed by atoms with E-state index >= 15 is 0 Å². The zero-order valence-corrected chi connectivity index (χ0v) is 12.4. The Kier molecular flexibility index (Phi) is 6.19. The predicted octanol–water partition coefficient (Wildman–Crippen LogP) is 2.47. The molecule has 2 aromatic rings. The fourth-order valence-corrected chi connectivity index (χ4v) is 2.26. The number of ether oxygens (including phenoxy) is 1. The highest BCUT2D eigenvalue weighted by Gasteiger charge is 2.07. The van der Waals surface area contributed by atoms with Crippen LogP contribution >= 0.6 is 0 Å². The van der Waals surface area contributed by atoms with Gasteiger partial charge in [0.2, 0.25) is 0 Å². The number of aliphatic hydroxyl groups excluding tert-OH is 1. The highest BCUT2D eigenvalue weighted by atomic mass is 16.5. The Morgan fingerprint density at radius 3 is 2.67 bits per heavy atom. The molecule has 4 nitrogen and oxygen atoms in total. The number of aromatic nitrogens is 1. The van der Waals surface area contributed by atoms with Crippen molar-refractivity contribution in [1.29, 1.82) is 0 Å². The molecule has 0 atom stereocenters. The van der Waals surface area contributed by atoms with E-state index in [-0.39, 0.29) is 6.61 Å². The van der Waals surface area contributed by atoms with Crippen molar-refractivity contribution < 1.29 is 9.84 Å². The summed E-state index contributed by atoms with van der Waals surface area (Å²) in [4.78, 5) is 6.33. The first-order valence-electron chi connectivity index (χ1n) is 7.25. The summed E-state index contributed by atoms with van der Waals surface area (Å²) >= 11 is 0. The standard InChI is InChI=1S/C17H22N2O2/c1-2-21-17-7-3-5-15(11-17)13-19(9-10-20)14-16-6-4-8-18-12-16/h3-8,11-12,20H,2,9-10,13-14H2,1H3. The van der Waals surface area contributed by atoms with Crippen LogP contribution in [0.4, 0.5) is 0 Å². The first-order chi connectivity index (χ1) is 10.3. The molecule has 0 radical (unpaired) electrons. The minimum absolute atomic E-state index is 0.144. The summed E-state index contributed by atoms with van der Waals surface area (Å²) in [6, 6.07) is 12.1. The van der Waals surface area contributed by atoms with Crippen LogP contribution in [0, 0.1) is 0 Å². The second-order valence-electron chi connectivity index (χ2n) is 4.88. The average Bonchev–Trinajstić information content (AvgIpc) is 2.49. The fourth-order valence-electron chi connectivity index (χ4n) is 2.26. The van der Waals surface area contributed by atoms with Crippen molar-refractivity contribution in [2.45, 2.75) is 20.0 Å². The molecule has 0 aliphatic heterocycles. The van der Waals surface area contributed by atoms with Crippen molar-refractivity contribution in [1.82, 2.24) is 9.88 Å². The highest BCUT2D eigenvalue weighted by Crippen LogP contribution is 2.16. The Morgan fingerprint density at radius 1 is 1.14 bits per heavy atom. The monoisotopic (exact) mass is 286 g/mol. The Balaban J connectivity index is 2.03. The van der Waals surface area contributed by atoms with Crippen LogP contribution in [0.5, 0.6) is 5.75 Å². The van der Waals surface area contributed by atoms with E-state index in [1.165, 1.54) is 5.56 Å². The van der Waals surface area contributed by atoms with Crippen molar-refractivity contribution >= 4 is 0 Å². The lowest BCUT2D eigenvalue weighted by Crippen LogP contribution is -2.26. The number of rotatable bonds is 8. The largest absolute Gasteiger partial charge is 0.494 e. The minimum Gasteiger partial charge on any atom is -0.494 e. The van der Waals surface area contributed by atoms with Crippen molar-refractivity contribution in [2.75, 3.05) is 19.8 Å². The van der Waals surface area contributed by atoms with E-state index in [0.717, 1.165) is 24.4 Å². The zero-order chi connectivity index (χ0) is 14.9. The quantitative estimate of drug-likeness (QED) is 0.810. The molecular weight excluding hydrogens is 264 g/mol. The third kappa shape index (κ3) is 5.17. The van der Waals surface area contributed by atoms with Gasteiger partial charge in [-0.3, -0.25) is 9.88 Å². The van der Waals surface area contributed by atoms with Gasteiger partial charge < -0.3 is 9.84 Å². The van der Waals surface area contributed by atoms with Crippen LogP contribution in [0.2, 0.25) is 0 Å². The van der Waals surface area contributed by atoms with Gasteiger partial charge in [0.15, 0.2) is 0 Å². The van der Waals surface area contributed by atoms with Gasteiger partial charge in [0.05, 0.1) is 13.2 Å². The maximum atomic E-state index is 9.25. The number of hydrogen-bond donors (Lipinski definition) is 1. The molecule has 2 rings (SSSR count). The van der Waals surface area contributed by atoms with Gasteiger partial charge in [-0.1, -0.05) is 18.2 Å². The zero-order valence-electron chi connectivity index (χ0n) is 12.4. The molecule has 0 bridgehead atoms.